The minimum Gasteiger partial charge on any atom is -0.294 e. The molecule has 4 amide bonds. The molecule has 0 radical (unpaired) electrons. The van der Waals surface area contributed by atoms with Crippen LogP contribution in [0.1, 0.15) is 26.7 Å². The van der Waals surface area contributed by atoms with Gasteiger partial charge >= 0.3 is 0 Å². The summed E-state index contributed by atoms with van der Waals surface area (Å²) in [6.07, 6.45) is 1.49. The summed E-state index contributed by atoms with van der Waals surface area (Å²) in [7, 11) is 0. The lowest BCUT2D eigenvalue weighted by molar-refractivity contribution is -0.156. The van der Waals surface area contributed by atoms with Crippen LogP contribution in [0.5, 0.6) is 0 Å². The fourth-order valence-electron chi connectivity index (χ4n) is 2.06. The van der Waals surface area contributed by atoms with Gasteiger partial charge in [-0.05, 0) is 20.3 Å². The molecule has 90 valence electrons. The summed E-state index contributed by atoms with van der Waals surface area (Å²) >= 11 is 0. The van der Waals surface area contributed by atoms with E-state index in [2.05, 4.69) is 5.32 Å². The lowest BCUT2D eigenvalue weighted by Gasteiger charge is -2.38. The zero-order valence-electron chi connectivity index (χ0n) is 9.57. The maximum atomic E-state index is 11.8. The molecule has 2 aliphatic heterocycles. The first-order chi connectivity index (χ1) is 7.86. The normalized spacial score (nSPS) is 29.5. The van der Waals surface area contributed by atoms with Gasteiger partial charge in [-0.25, -0.2) is 0 Å². The van der Waals surface area contributed by atoms with E-state index in [-0.39, 0.29) is 18.7 Å². The molecule has 2 aliphatic rings. The molecule has 1 atom stereocenters. The number of rotatable bonds is 1. The molecule has 2 rings (SSSR count). The molecular formula is C11H12N2O4. The Balaban J connectivity index is 2.34. The Morgan fingerprint density at radius 1 is 1.29 bits per heavy atom. The zero-order chi connectivity index (χ0) is 12.8. The number of hydrogen-bond donors (Lipinski definition) is 1. The first-order valence-corrected chi connectivity index (χ1v) is 5.27. The number of carbonyl (C=O) groups excluding carboxylic acids is 4. The molecule has 2 heterocycles. The standard InChI is InChI=1S/C11H12N2O4/c1-6-5-8(15)13(9(6)16)11(2)4-3-7(14)12-10(11)17/h5H,3-4H2,1-2H3,(H,12,14,17). The Hall–Kier alpha value is -1.98. The zero-order valence-corrected chi connectivity index (χ0v) is 9.57. The van der Waals surface area contributed by atoms with E-state index < -0.39 is 23.3 Å². The van der Waals surface area contributed by atoms with Gasteiger partial charge < -0.3 is 0 Å². The van der Waals surface area contributed by atoms with Crippen LogP contribution in [0.2, 0.25) is 0 Å². The number of amides is 4. The number of nitrogens with zero attached hydrogens (tertiary/aromatic N) is 1. The van der Waals surface area contributed by atoms with Crippen molar-refractivity contribution in [1.82, 2.24) is 10.2 Å². The van der Waals surface area contributed by atoms with Crippen molar-refractivity contribution in [2.75, 3.05) is 0 Å². The van der Waals surface area contributed by atoms with Crippen molar-refractivity contribution in [3.05, 3.63) is 11.6 Å². The number of carbonyl (C=O) groups is 4. The average molecular weight is 236 g/mol. The van der Waals surface area contributed by atoms with E-state index >= 15 is 0 Å². The second kappa shape index (κ2) is 3.51. The molecule has 17 heavy (non-hydrogen) atoms. The third-order valence-corrected chi connectivity index (χ3v) is 3.18. The number of piperidine rings is 1. The third kappa shape index (κ3) is 1.56. The maximum Gasteiger partial charge on any atom is 0.257 e. The number of imide groups is 2. The molecule has 0 aromatic rings. The molecule has 1 saturated heterocycles. The monoisotopic (exact) mass is 236 g/mol. The fraction of sp³-hybridized carbons (Fsp3) is 0.455. The molecule has 6 nitrogen and oxygen atoms in total. The number of nitrogens with one attached hydrogen (secondary N) is 1. The van der Waals surface area contributed by atoms with Crippen LogP contribution in [0, 0.1) is 0 Å². The molecular weight excluding hydrogens is 224 g/mol. The minimum absolute atomic E-state index is 0.123. The Labute approximate surface area is 97.6 Å². The van der Waals surface area contributed by atoms with E-state index in [1.165, 1.54) is 19.9 Å². The molecule has 0 aromatic heterocycles. The molecule has 0 bridgehead atoms. The van der Waals surface area contributed by atoms with Crippen LogP contribution in [-0.4, -0.2) is 34.1 Å². The first kappa shape index (κ1) is 11.5. The molecule has 0 aliphatic carbocycles. The summed E-state index contributed by atoms with van der Waals surface area (Å²) in [4.78, 5) is 47.3. The van der Waals surface area contributed by atoms with Gasteiger partial charge in [0.1, 0.15) is 5.54 Å². The quantitative estimate of drug-likeness (QED) is 0.622. The Kier molecular flexibility index (Phi) is 2.38. The van der Waals surface area contributed by atoms with Gasteiger partial charge in [0.05, 0.1) is 0 Å². The fourth-order valence-corrected chi connectivity index (χ4v) is 2.06. The van der Waals surface area contributed by atoms with Crippen molar-refractivity contribution in [2.45, 2.75) is 32.2 Å². The smallest absolute Gasteiger partial charge is 0.257 e. The van der Waals surface area contributed by atoms with Crippen LogP contribution in [0.15, 0.2) is 11.6 Å². The van der Waals surface area contributed by atoms with E-state index in [1.807, 2.05) is 0 Å². The molecule has 0 spiro atoms. The van der Waals surface area contributed by atoms with Gasteiger partial charge in [-0.3, -0.25) is 29.4 Å². The van der Waals surface area contributed by atoms with Gasteiger partial charge in [0.25, 0.3) is 17.7 Å². The van der Waals surface area contributed by atoms with E-state index in [9.17, 15) is 19.2 Å². The van der Waals surface area contributed by atoms with Crippen LogP contribution in [-0.2, 0) is 19.2 Å². The van der Waals surface area contributed by atoms with E-state index in [4.69, 9.17) is 0 Å². The van der Waals surface area contributed by atoms with Crippen molar-refractivity contribution in [2.24, 2.45) is 0 Å². The van der Waals surface area contributed by atoms with Crippen molar-refractivity contribution >= 4 is 23.6 Å². The predicted octanol–water partition coefficient (Wildman–Crippen LogP) is -0.503. The lowest BCUT2D eigenvalue weighted by Crippen LogP contribution is -2.63. The highest BCUT2D eigenvalue weighted by atomic mass is 16.2. The van der Waals surface area contributed by atoms with Gasteiger partial charge in [-0.2, -0.15) is 0 Å². The Bertz CT molecular complexity index is 480. The molecule has 1 N–H and O–H groups in total. The van der Waals surface area contributed by atoms with Crippen molar-refractivity contribution in [3.63, 3.8) is 0 Å². The topological polar surface area (TPSA) is 83.6 Å². The third-order valence-electron chi connectivity index (χ3n) is 3.18. The summed E-state index contributed by atoms with van der Waals surface area (Å²) in [6, 6.07) is 0. The van der Waals surface area contributed by atoms with Crippen LogP contribution in [0.4, 0.5) is 0 Å². The van der Waals surface area contributed by atoms with E-state index in [0.717, 1.165) is 4.90 Å². The van der Waals surface area contributed by atoms with E-state index in [1.54, 1.807) is 0 Å². The first-order valence-electron chi connectivity index (χ1n) is 5.27. The number of hydrogen-bond acceptors (Lipinski definition) is 4. The van der Waals surface area contributed by atoms with Gasteiger partial charge in [0.15, 0.2) is 0 Å². The Morgan fingerprint density at radius 3 is 2.41 bits per heavy atom. The minimum atomic E-state index is -1.27. The highest BCUT2D eigenvalue weighted by Gasteiger charge is 2.50. The Morgan fingerprint density at radius 2 is 1.94 bits per heavy atom. The summed E-state index contributed by atoms with van der Waals surface area (Å²) in [5.74, 6) is -1.95. The predicted molar refractivity (Wildman–Crippen MR) is 56.4 cm³/mol. The molecule has 6 heteroatoms. The van der Waals surface area contributed by atoms with Crippen LogP contribution in [0.25, 0.3) is 0 Å². The van der Waals surface area contributed by atoms with Crippen molar-refractivity contribution < 1.29 is 19.2 Å². The van der Waals surface area contributed by atoms with Crippen molar-refractivity contribution in [3.8, 4) is 0 Å². The van der Waals surface area contributed by atoms with Crippen LogP contribution in [0.3, 0.4) is 0 Å². The average Bonchev–Trinajstić information content (AvgIpc) is 2.48. The summed E-state index contributed by atoms with van der Waals surface area (Å²) in [5.41, 5.74) is -0.961. The van der Waals surface area contributed by atoms with Gasteiger partial charge in [0, 0.05) is 18.1 Å². The van der Waals surface area contributed by atoms with Gasteiger partial charge in [-0.1, -0.05) is 0 Å². The maximum absolute atomic E-state index is 11.8. The van der Waals surface area contributed by atoms with E-state index in [0.29, 0.717) is 5.57 Å². The highest BCUT2D eigenvalue weighted by Crippen LogP contribution is 2.29. The van der Waals surface area contributed by atoms with Gasteiger partial charge in [0.2, 0.25) is 5.91 Å². The summed E-state index contributed by atoms with van der Waals surface area (Å²) < 4.78 is 0. The van der Waals surface area contributed by atoms with Crippen molar-refractivity contribution in [1.29, 1.82) is 0 Å². The SMILES string of the molecule is CC1=CC(=O)N(C2(C)CCC(=O)NC2=O)C1=O. The van der Waals surface area contributed by atoms with Gasteiger partial charge in [-0.15, -0.1) is 0 Å². The largest absolute Gasteiger partial charge is 0.294 e. The molecule has 1 fully saturated rings. The second-order valence-corrected chi connectivity index (χ2v) is 4.46. The second-order valence-electron chi connectivity index (χ2n) is 4.46. The highest BCUT2D eigenvalue weighted by molar-refractivity contribution is 6.19. The summed E-state index contributed by atoms with van der Waals surface area (Å²) in [5, 5.41) is 2.16. The van der Waals surface area contributed by atoms with Crippen LogP contribution < -0.4 is 5.32 Å². The molecule has 0 aromatic carbocycles. The van der Waals surface area contributed by atoms with Crippen LogP contribution >= 0.6 is 0 Å². The molecule has 1 unspecified atom stereocenters. The lowest BCUT2D eigenvalue weighted by atomic mass is 9.89. The summed E-state index contributed by atoms with van der Waals surface area (Å²) in [6.45, 7) is 3.02. The molecule has 0 saturated carbocycles.